The molecule has 7 heteroatoms. The number of anilines is 2. The molecule has 3 rings (SSSR count). The Hall–Kier alpha value is -3.32. The molecule has 32 heavy (non-hydrogen) atoms. The zero-order valence-corrected chi connectivity index (χ0v) is 19.2. The lowest BCUT2D eigenvalue weighted by Crippen LogP contribution is -2.44. The molecule has 2 aromatic carbocycles. The van der Waals surface area contributed by atoms with E-state index in [9.17, 15) is 9.59 Å². The minimum atomic E-state index is -0.666. The number of benzene rings is 2. The molecule has 1 heterocycles. The van der Waals surface area contributed by atoms with Crippen LogP contribution in [0.25, 0.3) is 6.08 Å². The molecule has 2 aromatic rings. The summed E-state index contributed by atoms with van der Waals surface area (Å²) in [5.41, 5.74) is 3.90. The van der Waals surface area contributed by atoms with Crippen molar-refractivity contribution in [1.82, 2.24) is 10.2 Å². The van der Waals surface area contributed by atoms with Gasteiger partial charge in [-0.25, -0.2) is 0 Å². The Morgan fingerprint density at radius 2 is 1.75 bits per heavy atom. The van der Waals surface area contributed by atoms with Gasteiger partial charge >= 0.3 is 0 Å². The Labute approximate surface area is 190 Å². The lowest BCUT2D eigenvalue weighted by atomic mass is 10.1. The van der Waals surface area contributed by atoms with Gasteiger partial charge in [-0.05, 0) is 68.4 Å². The fourth-order valence-corrected chi connectivity index (χ4v) is 3.60. The van der Waals surface area contributed by atoms with Gasteiger partial charge in [0, 0.05) is 43.6 Å². The summed E-state index contributed by atoms with van der Waals surface area (Å²) in [5, 5.41) is 5.59. The molecule has 1 saturated heterocycles. The van der Waals surface area contributed by atoms with Gasteiger partial charge in [-0.1, -0.05) is 12.1 Å². The van der Waals surface area contributed by atoms with E-state index in [2.05, 4.69) is 40.5 Å². The fourth-order valence-electron chi connectivity index (χ4n) is 3.60. The summed E-state index contributed by atoms with van der Waals surface area (Å²) in [6, 6.07) is 12.6. The highest BCUT2D eigenvalue weighted by molar-refractivity contribution is 6.00. The molecule has 7 nitrogen and oxygen atoms in total. The van der Waals surface area contributed by atoms with Crippen molar-refractivity contribution in [3.8, 4) is 5.75 Å². The van der Waals surface area contributed by atoms with Crippen LogP contribution in [-0.4, -0.2) is 63.1 Å². The van der Waals surface area contributed by atoms with Gasteiger partial charge in [0.15, 0.2) is 0 Å². The van der Waals surface area contributed by atoms with Crippen molar-refractivity contribution in [1.29, 1.82) is 0 Å². The molecule has 2 N–H and O–H groups in total. The van der Waals surface area contributed by atoms with Gasteiger partial charge in [-0.15, -0.1) is 0 Å². The van der Waals surface area contributed by atoms with Crippen LogP contribution in [0.5, 0.6) is 5.75 Å². The fraction of sp³-hybridized carbons (Fsp3) is 0.360. The number of nitrogens with one attached hydrogen (secondary N) is 2. The number of nitrogens with zero attached hydrogens (tertiary/aromatic N) is 2. The summed E-state index contributed by atoms with van der Waals surface area (Å²) in [4.78, 5) is 29.4. The van der Waals surface area contributed by atoms with Gasteiger partial charge in [0.05, 0.1) is 7.11 Å². The van der Waals surface area contributed by atoms with Crippen LogP contribution in [-0.2, 0) is 9.59 Å². The second-order valence-electron chi connectivity index (χ2n) is 8.12. The molecule has 1 fully saturated rings. The topological polar surface area (TPSA) is 73.9 Å². The Bertz CT molecular complexity index is 964. The normalized spacial score (nSPS) is 15.4. The summed E-state index contributed by atoms with van der Waals surface area (Å²) in [6.45, 7) is 7.80. The molecule has 2 amide bonds. The van der Waals surface area contributed by atoms with Gasteiger partial charge in [-0.2, -0.15) is 0 Å². The van der Waals surface area contributed by atoms with Crippen LogP contribution in [0.15, 0.2) is 48.5 Å². The molecular formula is C25H32N4O3. The van der Waals surface area contributed by atoms with Gasteiger partial charge < -0.3 is 25.2 Å². The summed E-state index contributed by atoms with van der Waals surface area (Å²) < 4.78 is 5.12. The van der Waals surface area contributed by atoms with Gasteiger partial charge in [0.2, 0.25) is 11.8 Å². The predicted octanol–water partition coefficient (Wildman–Crippen LogP) is 2.91. The first-order valence-electron chi connectivity index (χ1n) is 10.8. The lowest BCUT2D eigenvalue weighted by molar-refractivity contribution is -0.123. The molecule has 1 aliphatic heterocycles. The van der Waals surface area contributed by atoms with Crippen LogP contribution < -0.4 is 20.3 Å². The maximum absolute atomic E-state index is 12.5. The minimum Gasteiger partial charge on any atom is -0.497 e. The van der Waals surface area contributed by atoms with Gasteiger partial charge in [-0.3, -0.25) is 9.59 Å². The molecule has 0 saturated carbocycles. The van der Waals surface area contributed by atoms with E-state index in [4.69, 9.17) is 4.74 Å². The van der Waals surface area contributed by atoms with Crippen LogP contribution in [0.1, 0.15) is 18.1 Å². The maximum Gasteiger partial charge on any atom is 0.246 e. The van der Waals surface area contributed by atoms with Gasteiger partial charge in [0.1, 0.15) is 11.8 Å². The SMILES string of the molecule is COc1ccc(/C=C/C(=O)NC(C)C(=O)Nc2ccc(N3CCN(C)CC3)c(C)c2)cc1. The minimum absolute atomic E-state index is 0.261. The molecule has 170 valence electrons. The van der Waals surface area contributed by atoms with Crippen LogP contribution in [0.3, 0.4) is 0 Å². The predicted molar refractivity (Wildman–Crippen MR) is 129 cm³/mol. The van der Waals surface area contributed by atoms with Crippen molar-refractivity contribution in [3.63, 3.8) is 0 Å². The molecule has 0 aromatic heterocycles. The number of methoxy groups -OCH3 is 1. The van der Waals surface area contributed by atoms with Crippen molar-refractivity contribution in [2.45, 2.75) is 19.9 Å². The smallest absolute Gasteiger partial charge is 0.246 e. The van der Waals surface area contributed by atoms with E-state index in [-0.39, 0.29) is 11.8 Å². The third kappa shape index (κ3) is 6.34. The van der Waals surface area contributed by atoms with Gasteiger partial charge in [0.25, 0.3) is 0 Å². The third-order valence-corrected chi connectivity index (χ3v) is 5.60. The maximum atomic E-state index is 12.5. The molecule has 1 unspecified atom stereocenters. The molecule has 1 atom stereocenters. The van der Waals surface area contributed by atoms with Crippen LogP contribution >= 0.6 is 0 Å². The molecule has 0 bridgehead atoms. The van der Waals surface area contributed by atoms with E-state index >= 15 is 0 Å². The third-order valence-electron chi connectivity index (χ3n) is 5.60. The molecule has 0 radical (unpaired) electrons. The molecule has 0 spiro atoms. The first-order chi connectivity index (χ1) is 15.4. The number of carbonyl (C=O) groups is 2. The monoisotopic (exact) mass is 436 g/mol. The quantitative estimate of drug-likeness (QED) is 0.653. The average molecular weight is 437 g/mol. The standard InChI is InChI=1S/C25H32N4O3/c1-18-17-21(8-11-23(18)29-15-13-28(3)14-16-29)27-25(31)19(2)26-24(30)12-7-20-5-9-22(32-4)10-6-20/h5-12,17,19H,13-16H2,1-4H3,(H,26,30)(H,27,31)/b12-7+. The van der Waals surface area contributed by atoms with Crippen molar-refractivity contribution in [3.05, 3.63) is 59.7 Å². The summed E-state index contributed by atoms with van der Waals surface area (Å²) in [5.74, 6) is 0.164. The van der Waals surface area contributed by atoms with E-state index in [0.29, 0.717) is 0 Å². The first-order valence-corrected chi connectivity index (χ1v) is 10.8. The van der Waals surface area contributed by atoms with Crippen LogP contribution in [0.2, 0.25) is 0 Å². The van der Waals surface area contributed by atoms with E-state index in [0.717, 1.165) is 48.7 Å². The van der Waals surface area contributed by atoms with E-state index < -0.39 is 6.04 Å². The highest BCUT2D eigenvalue weighted by Gasteiger charge is 2.18. The van der Waals surface area contributed by atoms with Crippen molar-refractivity contribution in [2.24, 2.45) is 0 Å². The number of piperazine rings is 1. The van der Waals surface area contributed by atoms with Crippen molar-refractivity contribution < 1.29 is 14.3 Å². The zero-order chi connectivity index (χ0) is 23.1. The number of hydrogen-bond acceptors (Lipinski definition) is 5. The Kier molecular flexibility index (Phi) is 7.89. The summed E-state index contributed by atoms with van der Waals surface area (Å²) in [6.07, 6.45) is 3.11. The second kappa shape index (κ2) is 10.8. The number of ether oxygens (including phenoxy) is 1. The summed E-state index contributed by atoms with van der Waals surface area (Å²) in [7, 11) is 3.74. The van der Waals surface area contributed by atoms with E-state index in [1.165, 1.54) is 11.8 Å². The number of rotatable bonds is 7. The Morgan fingerprint density at radius 3 is 2.38 bits per heavy atom. The number of likely N-dealkylation sites (N-methyl/N-ethyl adjacent to an activating group) is 1. The summed E-state index contributed by atoms with van der Waals surface area (Å²) >= 11 is 0. The second-order valence-corrected chi connectivity index (χ2v) is 8.12. The molecule has 0 aliphatic carbocycles. The molecule has 1 aliphatic rings. The largest absolute Gasteiger partial charge is 0.497 e. The molecular weight excluding hydrogens is 404 g/mol. The first kappa shape index (κ1) is 23.3. The highest BCUT2D eigenvalue weighted by atomic mass is 16.5. The van der Waals surface area contributed by atoms with Crippen molar-refractivity contribution >= 4 is 29.3 Å². The number of hydrogen-bond donors (Lipinski definition) is 2. The Balaban J connectivity index is 1.52. The number of aryl methyl sites for hydroxylation is 1. The van der Waals surface area contributed by atoms with E-state index in [1.54, 1.807) is 20.1 Å². The lowest BCUT2D eigenvalue weighted by Gasteiger charge is -2.35. The zero-order valence-electron chi connectivity index (χ0n) is 19.2. The average Bonchev–Trinajstić information content (AvgIpc) is 2.79. The number of amides is 2. The Morgan fingerprint density at radius 1 is 1.06 bits per heavy atom. The van der Waals surface area contributed by atoms with Crippen LogP contribution in [0, 0.1) is 6.92 Å². The number of carbonyl (C=O) groups excluding carboxylic acids is 2. The highest BCUT2D eigenvalue weighted by Crippen LogP contribution is 2.24. The van der Waals surface area contributed by atoms with Crippen molar-refractivity contribution in [2.75, 3.05) is 50.6 Å². The van der Waals surface area contributed by atoms with E-state index in [1.807, 2.05) is 36.4 Å². The van der Waals surface area contributed by atoms with Crippen LogP contribution in [0.4, 0.5) is 11.4 Å².